The molecule has 198 valence electrons. The quantitative estimate of drug-likeness (QED) is 0.406. The van der Waals surface area contributed by atoms with Crippen LogP contribution in [0.4, 0.5) is 5.13 Å². The molecule has 1 aliphatic heterocycles. The lowest BCUT2D eigenvalue weighted by Gasteiger charge is -2.27. The first-order chi connectivity index (χ1) is 17.7. The van der Waals surface area contributed by atoms with Crippen LogP contribution in [-0.4, -0.2) is 81.0 Å². The second-order valence-electron chi connectivity index (χ2n) is 9.97. The van der Waals surface area contributed by atoms with Gasteiger partial charge < -0.3 is 4.74 Å². The van der Waals surface area contributed by atoms with Crippen molar-refractivity contribution in [3.63, 3.8) is 0 Å². The van der Waals surface area contributed by atoms with Crippen LogP contribution in [-0.2, 0) is 14.8 Å². The lowest BCUT2D eigenvalue weighted by Crippen LogP contribution is -2.39. The fourth-order valence-electron chi connectivity index (χ4n) is 4.77. The second-order valence-corrected chi connectivity index (χ2v) is 12.9. The van der Waals surface area contributed by atoms with Gasteiger partial charge in [0, 0.05) is 44.8 Å². The van der Waals surface area contributed by atoms with Gasteiger partial charge in [0.1, 0.15) is 0 Å². The third-order valence-corrected chi connectivity index (χ3v) is 10.2. The molecule has 0 N–H and O–H groups in total. The number of hydrogen-bond donors (Lipinski definition) is 0. The highest BCUT2D eigenvalue weighted by Crippen LogP contribution is 2.34. The Morgan fingerprint density at radius 3 is 2.51 bits per heavy atom. The van der Waals surface area contributed by atoms with Crippen molar-refractivity contribution < 1.29 is 17.9 Å². The van der Waals surface area contributed by atoms with Crippen molar-refractivity contribution in [1.29, 1.82) is 0 Å². The molecule has 0 atom stereocenters. The van der Waals surface area contributed by atoms with Gasteiger partial charge in [0.2, 0.25) is 10.0 Å². The fraction of sp³-hybridized carbons (Fsp3) is 0.481. The summed E-state index contributed by atoms with van der Waals surface area (Å²) >= 11 is 1.53. The number of benzene rings is 2. The van der Waals surface area contributed by atoms with E-state index in [1.807, 2.05) is 6.92 Å². The van der Waals surface area contributed by atoms with Crippen LogP contribution in [0.1, 0.15) is 40.7 Å². The van der Waals surface area contributed by atoms with Gasteiger partial charge in [-0.1, -0.05) is 17.4 Å². The Labute approximate surface area is 222 Å². The molecule has 1 aliphatic carbocycles. The monoisotopic (exact) mass is 542 g/mol. The number of aryl methyl sites for hydroxylation is 2. The van der Waals surface area contributed by atoms with Gasteiger partial charge in [0.15, 0.2) is 5.13 Å². The molecule has 0 spiro atoms. The van der Waals surface area contributed by atoms with Crippen LogP contribution >= 0.6 is 11.3 Å². The number of morpholine rings is 1. The number of aromatic nitrogens is 1. The summed E-state index contributed by atoms with van der Waals surface area (Å²) in [5, 5.41) is 0.667. The highest BCUT2D eigenvalue weighted by molar-refractivity contribution is 7.89. The van der Waals surface area contributed by atoms with Crippen LogP contribution in [0, 0.1) is 13.8 Å². The van der Waals surface area contributed by atoms with Crippen LogP contribution in [0.15, 0.2) is 41.3 Å². The first-order valence-corrected chi connectivity index (χ1v) is 15.1. The average Bonchev–Trinajstić information content (AvgIpc) is 3.65. The molecule has 2 fully saturated rings. The first kappa shape index (κ1) is 26.2. The molecule has 2 heterocycles. The predicted octanol–water partition coefficient (Wildman–Crippen LogP) is 4.07. The molecule has 1 saturated carbocycles. The summed E-state index contributed by atoms with van der Waals surface area (Å²) in [4.78, 5) is 22.9. The van der Waals surface area contributed by atoms with Crippen LogP contribution in [0.3, 0.4) is 0 Å². The maximum atomic E-state index is 13.8. The van der Waals surface area contributed by atoms with E-state index in [9.17, 15) is 13.2 Å². The molecule has 5 rings (SSSR count). The Morgan fingerprint density at radius 2 is 1.84 bits per heavy atom. The van der Waals surface area contributed by atoms with Crippen LogP contribution in [0.2, 0.25) is 0 Å². The minimum Gasteiger partial charge on any atom is -0.379 e. The number of fused-ring (bicyclic) bond motifs is 1. The van der Waals surface area contributed by atoms with Crippen molar-refractivity contribution in [2.45, 2.75) is 44.0 Å². The molecule has 1 aromatic heterocycles. The van der Waals surface area contributed by atoms with E-state index in [0.717, 1.165) is 73.5 Å². The molecule has 10 heteroatoms. The molecule has 2 aliphatic rings. The SMILES string of the molecule is Cc1cc(C)c2sc(N(CCCN3CCOCC3)C(=O)c3ccc(S(=O)(=O)N(C)C4CC4)cc3)nc2c1. The molecular formula is C27H34N4O4S2. The number of thiazole rings is 1. The number of hydrogen-bond acceptors (Lipinski definition) is 7. The lowest BCUT2D eigenvalue weighted by atomic mass is 10.1. The summed E-state index contributed by atoms with van der Waals surface area (Å²) < 4.78 is 33.8. The fourth-order valence-corrected chi connectivity index (χ4v) is 7.22. The molecule has 3 aromatic rings. The van der Waals surface area contributed by atoms with Gasteiger partial charge in [-0.3, -0.25) is 14.6 Å². The number of ether oxygens (including phenoxy) is 1. The molecule has 8 nitrogen and oxygen atoms in total. The Hall–Kier alpha value is -2.37. The van der Waals surface area contributed by atoms with E-state index in [1.165, 1.54) is 15.6 Å². The van der Waals surface area contributed by atoms with E-state index >= 15 is 0 Å². The normalized spacial score (nSPS) is 17.0. The third-order valence-electron chi connectivity index (χ3n) is 7.08. The van der Waals surface area contributed by atoms with Crippen molar-refractivity contribution in [3.05, 3.63) is 53.1 Å². The van der Waals surface area contributed by atoms with Gasteiger partial charge in [-0.25, -0.2) is 13.4 Å². The van der Waals surface area contributed by atoms with E-state index < -0.39 is 10.0 Å². The van der Waals surface area contributed by atoms with Crippen molar-refractivity contribution in [3.8, 4) is 0 Å². The summed E-state index contributed by atoms with van der Waals surface area (Å²) in [6.45, 7) is 8.80. The van der Waals surface area contributed by atoms with E-state index in [4.69, 9.17) is 9.72 Å². The van der Waals surface area contributed by atoms with Crippen molar-refractivity contribution in [2.24, 2.45) is 0 Å². The number of nitrogens with zero attached hydrogens (tertiary/aromatic N) is 4. The number of amides is 1. The number of anilines is 1. The highest BCUT2D eigenvalue weighted by atomic mass is 32.2. The van der Waals surface area contributed by atoms with E-state index in [0.29, 0.717) is 17.2 Å². The standard InChI is InChI=1S/C27H34N4O4S2/c1-19-17-20(2)25-24(18-19)28-27(36-25)31(12-4-11-30-13-15-35-16-14-30)26(32)21-5-9-23(10-6-21)37(33,34)29(3)22-7-8-22/h5-6,9-10,17-18,22H,4,7-8,11-16H2,1-3H3. The average molecular weight is 543 g/mol. The van der Waals surface area contributed by atoms with Crippen LogP contribution < -0.4 is 4.90 Å². The van der Waals surface area contributed by atoms with Crippen LogP contribution in [0.25, 0.3) is 10.2 Å². The summed E-state index contributed by atoms with van der Waals surface area (Å²) in [5.41, 5.74) is 3.63. The molecule has 0 bridgehead atoms. The van der Waals surface area contributed by atoms with Crippen molar-refractivity contribution >= 4 is 42.6 Å². The minimum absolute atomic E-state index is 0.0828. The Morgan fingerprint density at radius 1 is 1.14 bits per heavy atom. The topological polar surface area (TPSA) is 83.0 Å². The largest absolute Gasteiger partial charge is 0.379 e. The number of carbonyl (C=O) groups is 1. The first-order valence-electron chi connectivity index (χ1n) is 12.8. The Kier molecular flexibility index (Phi) is 7.65. The van der Waals surface area contributed by atoms with Gasteiger partial charge in [0.05, 0.1) is 28.3 Å². The second kappa shape index (κ2) is 10.8. The van der Waals surface area contributed by atoms with Crippen molar-refractivity contribution in [2.75, 3.05) is 51.3 Å². The summed E-state index contributed by atoms with van der Waals surface area (Å²) in [5.74, 6) is -0.171. The molecular weight excluding hydrogens is 508 g/mol. The Balaban J connectivity index is 1.40. The van der Waals surface area contributed by atoms with Gasteiger partial charge >= 0.3 is 0 Å². The van der Waals surface area contributed by atoms with E-state index in [-0.39, 0.29) is 16.8 Å². The third kappa shape index (κ3) is 5.73. The maximum absolute atomic E-state index is 13.8. The smallest absolute Gasteiger partial charge is 0.260 e. The minimum atomic E-state index is -3.56. The molecule has 2 aromatic carbocycles. The van der Waals surface area contributed by atoms with Gasteiger partial charge in [-0.15, -0.1) is 0 Å². The summed E-state index contributed by atoms with van der Waals surface area (Å²) in [7, 11) is -1.94. The summed E-state index contributed by atoms with van der Waals surface area (Å²) in [6, 6.07) is 10.6. The summed E-state index contributed by atoms with van der Waals surface area (Å²) in [6.07, 6.45) is 2.60. The molecule has 0 unspecified atom stereocenters. The van der Waals surface area contributed by atoms with Gasteiger partial charge in [-0.05, 0) is 74.6 Å². The molecule has 1 saturated heterocycles. The van der Waals surface area contributed by atoms with E-state index in [1.54, 1.807) is 36.2 Å². The zero-order valence-electron chi connectivity index (χ0n) is 21.6. The Bertz CT molecular complexity index is 1380. The molecule has 37 heavy (non-hydrogen) atoms. The van der Waals surface area contributed by atoms with Crippen molar-refractivity contribution in [1.82, 2.24) is 14.2 Å². The van der Waals surface area contributed by atoms with Gasteiger partial charge in [0.25, 0.3) is 5.91 Å². The molecule has 0 radical (unpaired) electrons. The zero-order chi connectivity index (χ0) is 26.2. The number of sulfonamides is 1. The predicted molar refractivity (Wildman–Crippen MR) is 147 cm³/mol. The van der Waals surface area contributed by atoms with E-state index in [2.05, 4.69) is 24.0 Å². The molecule has 1 amide bonds. The highest BCUT2D eigenvalue weighted by Gasteiger charge is 2.35. The maximum Gasteiger partial charge on any atom is 0.260 e. The zero-order valence-corrected chi connectivity index (χ0v) is 23.3. The number of rotatable bonds is 9. The van der Waals surface area contributed by atoms with Crippen LogP contribution in [0.5, 0.6) is 0 Å². The van der Waals surface area contributed by atoms with Gasteiger partial charge in [-0.2, -0.15) is 4.31 Å². The lowest BCUT2D eigenvalue weighted by molar-refractivity contribution is 0.0376. The number of carbonyl (C=O) groups excluding carboxylic acids is 1.